The van der Waals surface area contributed by atoms with Crippen LogP contribution in [-0.4, -0.2) is 16.1 Å². The summed E-state index contributed by atoms with van der Waals surface area (Å²) in [4.78, 5) is 12.0. The summed E-state index contributed by atoms with van der Waals surface area (Å²) in [7, 11) is 0. The summed E-state index contributed by atoms with van der Waals surface area (Å²) in [6.07, 6.45) is 1.65. The van der Waals surface area contributed by atoms with Gasteiger partial charge in [-0.2, -0.15) is 0 Å². The van der Waals surface area contributed by atoms with Gasteiger partial charge in [0.2, 0.25) is 0 Å². The number of benzene rings is 2. The van der Waals surface area contributed by atoms with E-state index in [-0.39, 0.29) is 17.4 Å². The molecule has 5 heteroatoms. The van der Waals surface area contributed by atoms with Crippen molar-refractivity contribution in [2.24, 2.45) is 0 Å². The lowest BCUT2D eigenvalue weighted by atomic mass is 10.0. The zero-order valence-corrected chi connectivity index (χ0v) is 11.0. The average molecular weight is 288 g/mol. The van der Waals surface area contributed by atoms with E-state index in [1.165, 1.54) is 12.1 Å². The molecular formula is C15H10ClNO3. The first-order valence-electron chi connectivity index (χ1n) is 5.89. The number of rotatable bonds is 1. The summed E-state index contributed by atoms with van der Waals surface area (Å²) in [6.45, 7) is 0. The van der Waals surface area contributed by atoms with Crippen LogP contribution in [0.4, 0.5) is 5.69 Å². The molecule has 0 fully saturated rings. The number of amides is 1. The highest BCUT2D eigenvalue weighted by atomic mass is 35.5. The van der Waals surface area contributed by atoms with Crippen LogP contribution >= 0.6 is 11.6 Å². The monoisotopic (exact) mass is 287 g/mol. The van der Waals surface area contributed by atoms with E-state index < -0.39 is 0 Å². The molecule has 0 unspecified atom stereocenters. The van der Waals surface area contributed by atoms with E-state index in [0.29, 0.717) is 21.8 Å². The molecule has 4 nitrogen and oxygen atoms in total. The van der Waals surface area contributed by atoms with E-state index in [2.05, 4.69) is 5.32 Å². The minimum absolute atomic E-state index is 0.199. The first kappa shape index (κ1) is 12.6. The van der Waals surface area contributed by atoms with Gasteiger partial charge in [-0.3, -0.25) is 4.79 Å². The Hall–Kier alpha value is -2.46. The van der Waals surface area contributed by atoms with Crippen molar-refractivity contribution < 1.29 is 15.0 Å². The molecular weight excluding hydrogens is 278 g/mol. The van der Waals surface area contributed by atoms with E-state index in [4.69, 9.17) is 11.6 Å². The molecule has 20 heavy (non-hydrogen) atoms. The molecule has 100 valence electrons. The van der Waals surface area contributed by atoms with Crippen molar-refractivity contribution in [1.82, 2.24) is 0 Å². The molecule has 0 aromatic heterocycles. The van der Waals surface area contributed by atoms with Crippen LogP contribution in [0.1, 0.15) is 11.1 Å². The number of carbonyl (C=O) groups excluding carboxylic acids is 1. The van der Waals surface area contributed by atoms with Crippen molar-refractivity contribution in [3.8, 4) is 11.5 Å². The predicted octanol–water partition coefficient (Wildman–Crippen LogP) is 3.24. The molecule has 0 saturated carbocycles. The Kier molecular flexibility index (Phi) is 2.88. The van der Waals surface area contributed by atoms with Gasteiger partial charge < -0.3 is 15.5 Å². The minimum atomic E-state index is -0.228. The first-order chi connectivity index (χ1) is 9.54. The van der Waals surface area contributed by atoms with E-state index in [1.807, 2.05) is 0 Å². The highest BCUT2D eigenvalue weighted by Gasteiger charge is 2.24. The summed E-state index contributed by atoms with van der Waals surface area (Å²) in [5.41, 5.74) is 2.53. The fraction of sp³-hybridized carbons (Fsp3) is 0. The van der Waals surface area contributed by atoms with Crippen molar-refractivity contribution in [1.29, 1.82) is 0 Å². The lowest BCUT2D eigenvalue weighted by Gasteiger charge is -2.01. The van der Waals surface area contributed by atoms with Gasteiger partial charge >= 0.3 is 0 Å². The largest absolute Gasteiger partial charge is 0.504 e. The van der Waals surface area contributed by atoms with Crippen LogP contribution in [0.2, 0.25) is 5.02 Å². The number of aromatic hydroxyl groups is 2. The highest BCUT2D eigenvalue weighted by molar-refractivity contribution is 6.36. The maximum Gasteiger partial charge on any atom is 0.256 e. The molecule has 1 aliphatic rings. The van der Waals surface area contributed by atoms with Crippen molar-refractivity contribution in [2.45, 2.75) is 0 Å². The summed E-state index contributed by atoms with van der Waals surface area (Å²) in [5.74, 6) is -0.654. The lowest BCUT2D eigenvalue weighted by Crippen LogP contribution is -2.03. The summed E-state index contributed by atoms with van der Waals surface area (Å²) >= 11 is 5.89. The fourth-order valence-corrected chi connectivity index (χ4v) is 2.28. The van der Waals surface area contributed by atoms with Crippen LogP contribution in [0.5, 0.6) is 11.5 Å². The topological polar surface area (TPSA) is 69.6 Å². The molecule has 0 spiro atoms. The molecule has 3 N–H and O–H groups in total. The van der Waals surface area contributed by atoms with E-state index in [0.717, 1.165) is 5.56 Å². The second-order valence-electron chi connectivity index (χ2n) is 4.45. The van der Waals surface area contributed by atoms with Gasteiger partial charge in [0, 0.05) is 16.2 Å². The number of phenolic OH excluding ortho intramolecular Hbond substituents is 2. The third-order valence-corrected chi connectivity index (χ3v) is 3.31. The normalized spacial score (nSPS) is 15.2. The first-order valence-corrected chi connectivity index (χ1v) is 6.27. The Morgan fingerprint density at radius 2 is 1.85 bits per heavy atom. The molecule has 0 bridgehead atoms. The zero-order chi connectivity index (χ0) is 14.3. The van der Waals surface area contributed by atoms with Crippen LogP contribution in [-0.2, 0) is 4.79 Å². The maximum absolute atomic E-state index is 12.0. The Labute approximate surface area is 119 Å². The lowest BCUT2D eigenvalue weighted by molar-refractivity contribution is -0.110. The van der Waals surface area contributed by atoms with Crippen LogP contribution in [0.3, 0.4) is 0 Å². The Morgan fingerprint density at radius 3 is 2.60 bits per heavy atom. The third kappa shape index (κ3) is 2.10. The number of hydrogen-bond acceptors (Lipinski definition) is 3. The van der Waals surface area contributed by atoms with E-state index in [9.17, 15) is 15.0 Å². The summed E-state index contributed by atoms with van der Waals surface area (Å²) < 4.78 is 0. The van der Waals surface area contributed by atoms with Crippen molar-refractivity contribution in [2.75, 3.05) is 5.32 Å². The van der Waals surface area contributed by atoms with Crippen LogP contribution in [0.15, 0.2) is 36.4 Å². The minimum Gasteiger partial charge on any atom is -0.504 e. The standard InChI is InChI=1S/C15H10ClNO3/c16-9-2-3-10-11(15(20)17-12(10)7-9)5-8-1-4-13(18)14(19)6-8/h1-7,18-19H,(H,17,20). The molecule has 1 aliphatic heterocycles. The third-order valence-electron chi connectivity index (χ3n) is 3.08. The van der Waals surface area contributed by atoms with Gasteiger partial charge in [0.05, 0.1) is 5.69 Å². The molecule has 0 aliphatic carbocycles. The van der Waals surface area contributed by atoms with Crippen molar-refractivity contribution >= 4 is 34.8 Å². The summed E-state index contributed by atoms with van der Waals surface area (Å²) in [5, 5.41) is 22.0. The zero-order valence-electron chi connectivity index (χ0n) is 10.2. The van der Waals surface area contributed by atoms with Gasteiger partial charge in [0.25, 0.3) is 5.91 Å². The summed E-state index contributed by atoms with van der Waals surface area (Å²) in [6, 6.07) is 9.54. The molecule has 1 amide bonds. The Balaban J connectivity index is 2.08. The van der Waals surface area contributed by atoms with Gasteiger partial charge in [-0.1, -0.05) is 23.7 Å². The molecule has 0 atom stereocenters. The molecule has 0 radical (unpaired) electrons. The van der Waals surface area contributed by atoms with Gasteiger partial charge in [-0.15, -0.1) is 0 Å². The molecule has 0 saturated heterocycles. The van der Waals surface area contributed by atoms with E-state index >= 15 is 0 Å². The average Bonchev–Trinajstić information content (AvgIpc) is 2.69. The van der Waals surface area contributed by atoms with Gasteiger partial charge in [0.1, 0.15) is 0 Å². The van der Waals surface area contributed by atoms with Crippen LogP contribution in [0.25, 0.3) is 11.6 Å². The molecule has 2 aromatic carbocycles. The maximum atomic E-state index is 12.0. The Morgan fingerprint density at radius 1 is 1.05 bits per heavy atom. The highest BCUT2D eigenvalue weighted by Crippen LogP contribution is 2.35. The van der Waals surface area contributed by atoms with E-state index in [1.54, 1.807) is 30.3 Å². The van der Waals surface area contributed by atoms with Crippen molar-refractivity contribution in [3.05, 3.63) is 52.5 Å². The Bertz CT molecular complexity index is 753. The number of halogens is 1. The number of phenols is 2. The predicted molar refractivity (Wildman–Crippen MR) is 77.7 cm³/mol. The van der Waals surface area contributed by atoms with Gasteiger partial charge in [-0.05, 0) is 35.9 Å². The number of fused-ring (bicyclic) bond motifs is 1. The number of anilines is 1. The number of nitrogens with one attached hydrogen (secondary N) is 1. The number of carbonyl (C=O) groups is 1. The van der Waals surface area contributed by atoms with Crippen LogP contribution < -0.4 is 5.32 Å². The van der Waals surface area contributed by atoms with Crippen molar-refractivity contribution in [3.63, 3.8) is 0 Å². The smallest absolute Gasteiger partial charge is 0.256 e. The molecule has 2 aromatic rings. The quantitative estimate of drug-likeness (QED) is 0.557. The van der Waals surface area contributed by atoms with Gasteiger partial charge in [-0.25, -0.2) is 0 Å². The molecule has 1 heterocycles. The second kappa shape index (κ2) is 4.58. The fourth-order valence-electron chi connectivity index (χ4n) is 2.11. The second-order valence-corrected chi connectivity index (χ2v) is 4.89. The van der Waals surface area contributed by atoms with Gasteiger partial charge in [0.15, 0.2) is 11.5 Å². The SMILES string of the molecule is O=C1Nc2cc(Cl)ccc2C1=Cc1ccc(O)c(O)c1. The number of hydrogen-bond donors (Lipinski definition) is 3. The van der Waals surface area contributed by atoms with Crippen LogP contribution in [0, 0.1) is 0 Å². The molecule has 3 rings (SSSR count).